The van der Waals surface area contributed by atoms with Crippen LogP contribution in [0.3, 0.4) is 0 Å². The normalized spacial score (nSPS) is 11.3. The highest BCUT2D eigenvalue weighted by atomic mass is 31.2. The van der Waals surface area contributed by atoms with Crippen LogP contribution >= 0.6 is 7.82 Å². The fourth-order valence-electron chi connectivity index (χ4n) is 2.40. The Labute approximate surface area is 166 Å². The Morgan fingerprint density at radius 1 is 0.889 bits per heavy atom. The molecule has 0 aliphatic carbocycles. The molecular formula is C20H41N2O4P. The SMILES string of the molecule is CCCCCOP(=O)([O-])OCCCCC.CCCCC[n+]1ccn(CC)c1. The number of hydrogen-bond donors (Lipinski definition) is 0. The van der Waals surface area contributed by atoms with Crippen LogP contribution < -0.4 is 9.46 Å². The lowest BCUT2D eigenvalue weighted by Crippen LogP contribution is -2.30. The first-order valence-corrected chi connectivity index (χ1v) is 12.1. The van der Waals surface area contributed by atoms with Crippen LogP contribution in [0.25, 0.3) is 0 Å². The summed E-state index contributed by atoms with van der Waals surface area (Å²) in [6.07, 6.45) is 16.0. The summed E-state index contributed by atoms with van der Waals surface area (Å²) >= 11 is 0. The molecule has 0 unspecified atom stereocenters. The van der Waals surface area contributed by atoms with Gasteiger partial charge in [-0.3, -0.25) is 4.57 Å². The third-order valence-corrected chi connectivity index (χ3v) is 5.12. The number of aromatic nitrogens is 2. The minimum absolute atomic E-state index is 0.238. The van der Waals surface area contributed by atoms with Gasteiger partial charge in [-0.05, 0) is 32.6 Å². The fourth-order valence-corrected chi connectivity index (χ4v) is 3.18. The number of nitrogens with zero attached hydrogens (tertiary/aromatic N) is 2. The standard InChI is InChI=1S/C10H19N2.C10H23O4P/c1-3-5-6-7-12-9-8-11(4-2)10-12;1-3-5-7-9-13-15(11,12)14-10-8-6-4-2/h8-10H,3-7H2,1-2H3;3-10H2,1-2H3,(H,11,12)/q+1;/p-1. The van der Waals surface area contributed by atoms with E-state index >= 15 is 0 Å². The number of unbranched alkanes of at least 4 members (excludes halogenated alkanes) is 6. The van der Waals surface area contributed by atoms with E-state index in [4.69, 9.17) is 0 Å². The average molecular weight is 405 g/mol. The van der Waals surface area contributed by atoms with Gasteiger partial charge in [-0.1, -0.05) is 52.9 Å². The van der Waals surface area contributed by atoms with Crippen molar-refractivity contribution in [3.05, 3.63) is 18.7 Å². The molecule has 0 atom stereocenters. The Balaban J connectivity index is 0.000000511. The molecule has 0 saturated carbocycles. The summed E-state index contributed by atoms with van der Waals surface area (Å²) < 4.78 is 25.0. The van der Waals surface area contributed by atoms with Gasteiger partial charge < -0.3 is 13.9 Å². The summed E-state index contributed by atoms with van der Waals surface area (Å²) in [6.45, 7) is 11.2. The second-order valence-corrected chi connectivity index (χ2v) is 8.13. The van der Waals surface area contributed by atoms with E-state index in [2.05, 4.69) is 64.6 Å². The van der Waals surface area contributed by atoms with Gasteiger partial charge in [0.15, 0.2) is 0 Å². The van der Waals surface area contributed by atoms with Crippen molar-refractivity contribution in [2.24, 2.45) is 0 Å². The van der Waals surface area contributed by atoms with E-state index in [9.17, 15) is 9.46 Å². The molecule has 1 rings (SSSR count). The second-order valence-electron chi connectivity index (χ2n) is 6.72. The van der Waals surface area contributed by atoms with Gasteiger partial charge in [0.25, 0.3) is 7.82 Å². The van der Waals surface area contributed by atoms with E-state index in [0.29, 0.717) is 0 Å². The Morgan fingerprint density at radius 3 is 1.85 bits per heavy atom. The van der Waals surface area contributed by atoms with E-state index in [1.807, 2.05) is 0 Å². The lowest BCUT2D eigenvalue weighted by Gasteiger charge is -2.22. The summed E-state index contributed by atoms with van der Waals surface area (Å²) in [6, 6.07) is 0. The topological polar surface area (TPSA) is 67.4 Å². The molecule has 7 heteroatoms. The highest BCUT2D eigenvalue weighted by Crippen LogP contribution is 2.38. The molecule has 0 N–H and O–H groups in total. The largest absolute Gasteiger partial charge is 0.756 e. The first-order chi connectivity index (χ1) is 13.0. The molecule has 0 fully saturated rings. The van der Waals surface area contributed by atoms with Crippen LogP contribution in [0.2, 0.25) is 0 Å². The smallest absolute Gasteiger partial charge is 0.267 e. The predicted octanol–water partition coefficient (Wildman–Crippen LogP) is 4.85. The van der Waals surface area contributed by atoms with Crippen molar-refractivity contribution in [3.63, 3.8) is 0 Å². The molecule has 160 valence electrons. The summed E-state index contributed by atoms with van der Waals surface area (Å²) in [5, 5.41) is 0. The second kappa shape index (κ2) is 17.4. The third kappa shape index (κ3) is 16.0. The van der Waals surface area contributed by atoms with Crippen molar-refractivity contribution in [1.29, 1.82) is 0 Å². The summed E-state index contributed by atoms with van der Waals surface area (Å²) in [5.74, 6) is 0. The molecule has 0 spiro atoms. The molecule has 0 aliphatic heterocycles. The van der Waals surface area contributed by atoms with Crippen LogP contribution in [-0.2, 0) is 26.7 Å². The van der Waals surface area contributed by atoms with Crippen LogP contribution in [0.4, 0.5) is 0 Å². The van der Waals surface area contributed by atoms with Crippen molar-refractivity contribution in [3.8, 4) is 0 Å². The quantitative estimate of drug-likeness (QED) is 0.238. The van der Waals surface area contributed by atoms with E-state index in [1.54, 1.807) is 0 Å². The van der Waals surface area contributed by atoms with Crippen LogP contribution in [-0.4, -0.2) is 17.8 Å². The molecule has 0 aliphatic rings. The lowest BCUT2D eigenvalue weighted by molar-refractivity contribution is -0.696. The average Bonchev–Trinajstić information content (AvgIpc) is 3.11. The van der Waals surface area contributed by atoms with E-state index in [0.717, 1.165) is 45.1 Å². The number of hydrogen-bond acceptors (Lipinski definition) is 4. The Hall–Kier alpha value is -0.680. The Bertz CT molecular complexity index is 478. The summed E-state index contributed by atoms with van der Waals surface area (Å²) in [4.78, 5) is 11.1. The number of phosphoric acid groups is 1. The van der Waals surface area contributed by atoms with Crippen LogP contribution in [0, 0.1) is 0 Å². The van der Waals surface area contributed by atoms with Crippen molar-refractivity contribution in [2.45, 2.75) is 98.6 Å². The van der Waals surface area contributed by atoms with Crippen molar-refractivity contribution in [1.82, 2.24) is 4.57 Å². The maximum Gasteiger partial charge on any atom is 0.267 e. The van der Waals surface area contributed by atoms with Crippen LogP contribution in [0.1, 0.15) is 85.5 Å². The third-order valence-electron chi connectivity index (χ3n) is 4.13. The molecule has 0 aromatic carbocycles. The Morgan fingerprint density at radius 2 is 1.41 bits per heavy atom. The number of imidazole rings is 1. The monoisotopic (exact) mass is 404 g/mol. The van der Waals surface area contributed by atoms with Gasteiger partial charge >= 0.3 is 0 Å². The maximum absolute atomic E-state index is 11.1. The van der Waals surface area contributed by atoms with Gasteiger partial charge in [-0.15, -0.1) is 0 Å². The van der Waals surface area contributed by atoms with Crippen molar-refractivity contribution in [2.75, 3.05) is 13.2 Å². The highest BCUT2D eigenvalue weighted by Gasteiger charge is 2.07. The molecule has 27 heavy (non-hydrogen) atoms. The zero-order chi connectivity index (χ0) is 20.4. The first-order valence-electron chi connectivity index (χ1n) is 10.6. The van der Waals surface area contributed by atoms with Gasteiger partial charge in [0, 0.05) is 0 Å². The molecule has 1 heterocycles. The zero-order valence-electron chi connectivity index (χ0n) is 17.9. The molecule has 0 amide bonds. The first kappa shape index (κ1) is 26.3. The summed E-state index contributed by atoms with van der Waals surface area (Å²) in [5.41, 5.74) is 0. The molecule has 6 nitrogen and oxygen atoms in total. The van der Waals surface area contributed by atoms with E-state index < -0.39 is 7.82 Å². The highest BCUT2D eigenvalue weighted by molar-refractivity contribution is 7.45. The predicted molar refractivity (Wildman–Crippen MR) is 108 cm³/mol. The van der Waals surface area contributed by atoms with Gasteiger partial charge in [-0.25, -0.2) is 9.13 Å². The molecule has 0 bridgehead atoms. The Kier molecular flexibility index (Phi) is 17.0. The molecule has 0 saturated heterocycles. The van der Waals surface area contributed by atoms with Crippen LogP contribution in [0.5, 0.6) is 0 Å². The number of aryl methyl sites for hydroxylation is 2. The van der Waals surface area contributed by atoms with Gasteiger partial charge in [0.1, 0.15) is 12.4 Å². The van der Waals surface area contributed by atoms with Crippen molar-refractivity contribution >= 4 is 7.82 Å². The van der Waals surface area contributed by atoms with Gasteiger partial charge in [0.2, 0.25) is 6.33 Å². The number of phosphoric ester groups is 1. The van der Waals surface area contributed by atoms with Crippen molar-refractivity contribution < 1.29 is 23.1 Å². The molecule has 1 aromatic rings. The molecule has 1 aromatic heterocycles. The van der Waals surface area contributed by atoms with E-state index in [-0.39, 0.29) is 13.2 Å². The molecule has 0 radical (unpaired) electrons. The minimum atomic E-state index is -4.02. The van der Waals surface area contributed by atoms with Gasteiger partial charge in [0.05, 0.1) is 26.3 Å². The van der Waals surface area contributed by atoms with Gasteiger partial charge in [-0.2, -0.15) is 0 Å². The molecular weight excluding hydrogens is 363 g/mol. The zero-order valence-corrected chi connectivity index (χ0v) is 18.8. The minimum Gasteiger partial charge on any atom is -0.756 e. The fraction of sp³-hybridized carbons (Fsp3) is 0.850. The summed E-state index contributed by atoms with van der Waals surface area (Å²) in [7, 11) is -4.02. The van der Waals surface area contributed by atoms with Crippen LogP contribution in [0.15, 0.2) is 18.7 Å². The number of rotatable bonds is 15. The lowest BCUT2D eigenvalue weighted by atomic mass is 10.2. The van der Waals surface area contributed by atoms with E-state index in [1.165, 1.54) is 25.8 Å². The maximum atomic E-state index is 11.1.